The zero-order valence-corrected chi connectivity index (χ0v) is 21.8. The summed E-state index contributed by atoms with van der Waals surface area (Å²) in [7, 11) is 1.73. The van der Waals surface area contributed by atoms with Gasteiger partial charge in [0.1, 0.15) is 6.10 Å². The smallest absolute Gasteiger partial charge is 0.191 e. The number of piperidine rings is 1. The molecule has 0 aromatic heterocycles. The van der Waals surface area contributed by atoms with Gasteiger partial charge >= 0.3 is 0 Å². The fourth-order valence-corrected chi connectivity index (χ4v) is 3.70. The molecule has 0 spiro atoms. The molecular weight excluding hydrogens is 534 g/mol. The SMILES string of the molecule is CCC(CNC(=NC)NCc1ccc(CN2CCC(O)CC2)cc1)Oc1ccccc1F.I. The van der Waals surface area contributed by atoms with Crippen molar-refractivity contribution in [1.29, 1.82) is 0 Å². The number of guanidine groups is 1. The molecule has 0 aliphatic carbocycles. The van der Waals surface area contributed by atoms with E-state index in [1.54, 1.807) is 25.2 Å². The third kappa shape index (κ3) is 9.10. The summed E-state index contributed by atoms with van der Waals surface area (Å²) in [5, 5.41) is 16.2. The number of aliphatic hydroxyl groups excluding tert-OH is 1. The number of ether oxygens (including phenoxy) is 1. The molecule has 1 saturated heterocycles. The van der Waals surface area contributed by atoms with Crippen LogP contribution in [0.2, 0.25) is 0 Å². The van der Waals surface area contributed by atoms with Crippen LogP contribution in [0.5, 0.6) is 5.75 Å². The van der Waals surface area contributed by atoms with Gasteiger partial charge in [0.25, 0.3) is 0 Å². The first-order chi connectivity index (χ1) is 15.6. The van der Waals surface area contributed by atoms with E-state index in [2.05, 4.69) is 44.8 Å². The third-order valence-corrected chi connectivity index (χ3v) is 5.75. The Morgan fingerprint density at radius 3 is 2.42 bits per heavy atom. The van der Waals surface area contributed by atoms with E-state index in [-0.39, 0.29) is 47.8 Å². The average molecular weight is 570 g/mol. The van der Waals surface area contributed by atoms with Crippen LogP contribution in [0.15, 0.2) is 53.5 Å². The molecule has 33 heavy (non-hydrogen) atoms. The lowest BCUT2D eigenvalue weighted by Crippen LogP contribution is -2.42. The fraction of sp³-hybridized carbons (Fsp3) is 0.480. The van der Waals surface area contributed by atoms with Crippen molar-refractivity contribution in [3.8, 4) is 5.75 Å². The van der Waals surface area contributed by atoms with Crippen LogP contribution in [0, 0.1) is 5.82 Å². The van der Waals surface area contributed by atoms with Gasteiger partial charge in [0.05, 0.1) is 12.6 Å². The van der Waals surface area contributed by atoms with Crippen LogP contribution in [-0.4, -0.2) is 54.9 Å². The number of benzene rings is 2. The Balaban J connectivity index is 0.00000385. The predicted octanol–water partition coefficient (Wildman–Crippen LogP) is 3.92. The Kier molecular flexibility index (Phi) is 11.9. The van der Waals surface area contributed by atoms with Crippen molar-refractivity contribution in [2.45, 2.75) is 51.5 Å². The van der Waals surface area contributed by atoms with Crippen LogP contribution >= 0.6 is 24.0 Å². The number of para-hydroxylation sites is 1. The molecule has 3 N–H and O–H groups in total. The molecule has 1 aliphatic rings. The van der Waals surface area contributed by atoms with Crippen molar-refractivity contribution in [3.63, 3.8) is 0 Å². The minimum atomic E-state index is -0.352. The first-order valence-corrected chi connectivity index (χ1v) is 11.4. The predicted molar refractivity (Wildman–Crippen MR) is 142 cm³/mol. The van der Waals surface area contributed by atoms with Crippen molar-refractivity contribution in [1.82, 2.24) is 15.5 Å². The van der Waals surface area contributed by atoms with Crippen molar-refractivity contribution >= 4 is 29.9 Å². The average Bonchev–Trinajstić information content (AvgIpc) is 2.82. The van der Waals surface area contributed by atoms with Gasteiger partial charge in [0.2, 0.25) is 0 Å². The van der Waals surface area contributed by atoms with Crippen LogP contribution in [0.1, 0.15) is 37.3 Å². The lowest BCUT2D eigenvalue weighted by molar-refractivity contribution is 0.0792. The summed E-state index contributed by atoms with van der Waals surface area (Å²) >= 11 is 0. The Hall–Kier alpha value is -1.91. The monoisotopic (exact) mass is 570 g/mol. The number of halogens is 2. The molecule has 0 amide bonds. The highest BCUT2D eigenvalue weighted by atomic mass is 127. The topological polar surface area (TPSA) is 69.1 Å². The lowest BCUT2D eigenvalue weighted by Gasteiger charge is -2.29. The van der Waals surface area contributed by atoms with Gasteiger partial charge in [-0.25, -0.2) is 4.39 Å². The summed E-state index contributed by atoms with van der Waals surface area (Å²) < 4.78 is 19.6. The summed E-state index contributed by atoms with van der Waals surface area (Å²) in [5.74, 6) is 0.594. The van der Waals surface area contributed by atoms with Crippen LogP contribution in [0.4, 0.5) is 4.39 Å². The molecule has 0 bridgehead atoms. The maximum Gasteiger partial charge on any atom is 0.191 e. The Morgan fingerprint density at radius 2 is 1.79 bits per heavy atom. The van der Waals surface area contributed by atoms with Gasteiger partial charge in [-0.1, -0.05) is 43.3 Å². The number of likely N-dealkylation sites (tertiary alicyclic amines) is 1. The summed E-state index contributed by atoms with van der Waals surface area (Å²) in [5.41, 5.74) is 2.45. The Morgan fingerprint density at radius 1 is 1.12 bits per heavy atom. The van der Waals surface area contributed by atoms with Gasteiger partial charge in [-0.15, -0.1) is 24.0 Å². The van der Waals surface area contributed by atoms with Gasteiger partial charge in [-0.05, 0) is 42.5 Å². The highest BCUT2D eigenvalue weighted by molar-refractivity contribution is 14.0. The van der Waals surface area contributed by atoms with E-state index in [1.165, 1.54) is 17.2 Å². The van der Waals surface area contributed by atoms with E-state index >= 15 is 0 Å². The van der Waals surface area contributed by atoms with E-state index < -0.39 is 0 Å². The van der Waals surface area contributed by atoms with Gasteiger partial charge in [-0.3, -0.25) is 9.89 Å². The first-order valence-electron chi connectivity index (χ1n) is 11.4. The molecule has 1 aliphatic heterocycles. The second-order valence-electron chi connectivity index (χ2n) is 8.21. The zero-order chi connectivity index (χ0) is 22.8. The molecule has 0 radical (unpaired) electrons. The number of hydrogen-bond donors (Lipinski definition) is 3. The molecule has 0 saturated carbocycles. The second kappa shape index (κ2) is 14.4. The molecule has 2 aromatic carbocycles. The van der Waals surface area contributed by atoms with Crippen LogP contribution in [0.3, 0.4) is 0 Å². The maximum absolute atomic E-state index is 13.8. The number of nitrogens with zero attached hydrogens (tertiary/aromatic N) is 2. The molecule has 1 heterocycles. The van der Waals surface area contributed by atoms with E-state index in [1.807, 2.05) is 6.92 Å². The van der Waals surface area contributed by atoms with Crippen molar-refractivity contribution in [2.75, 3.05) is 26.7 Å². The molecule has 1 fully saturated rings. The molecule has 182 valence electrons. The molecule has 6 nitrogen and oxygen atoms in total. The van der Waals surface area contributed by atoms with Crippen molar-refractivity contribution in [2.24, 2.45) is 4.99 Å². The van der Waals surface area contributed by atoms with E-state index in [0.29, 0.717) is 19.0 Å². The number of hydrogen-bond acceptors (Lipinski definition) is 4. The number of rotatable bonds is 9. The molecule has 3 rings (SSSR count). The maximum atomic E-state index is 13.8. The Bertz CT molecular complexity index is 858. The quantitative estimate of drug-likeness (QED) is 0.242. The molecule has 1 atom stereocenters. The molecule has 2 aromatic rings. The zero-order valence-electron chi connectivity index (χ0n) is 19.5. The van der Waals surface area contributed by atoms with Crippen LogP contribution in [-0.2, 0) is 13.1 Å². The number of aliphatic hydroxyl groups is 1. The molecule has 8 heteroatoms. The highest BCUT2D eigenvalue weighted by Gasteiger charge is 2.17. The lowest BCUT2D eigenvalue weighted by atomic mass is 10.1. The molecule has 1 unspecified atom stereocenters. The first kappa shape index (κ1) is 27.3. The van der Waals surface area contributed by atoms with Crippen LogP contribution in [0.25, 0.3) is 0 Å². The summed E-state index contributed by atoms with van der Waals surface area (Å²) in [6, 6.07) is 15.0. The van der Waals surface area contributed by atoms with Crippen molar-refractivity contribution in [3.05, 3.63) is 65.5 Å². The minimum absolute atomic E-state index is 0. The normalized spacial score (nSPS) is 16.1. The molecular formula is C25H36FIN4O2. The number of nitrogens with one attached hydrogen (secondary N) is 2. The van der Waals surface area contributed by atoms with E-state index in [0.717, 1.165) is 38.9 Å². The highest BCUT2D eigenvalue weighted by Crippen LogP contribution is 2.18. The van der Waals surface area contributed by atoms with Gasteiger partial charge in [-0.2, -0.15) is 0 Å². The summed E-state index contributed by atoms with van der Waals surface area (Å²) in [6.07, 6.45) is 2.16. The van der Waals surface area contributed by atoms with Gasteiger partial charge < -0.3 is 20.5 Å². The summed E-state index contributed by atoms with van der Waals surface area (Å²) in [6.45, 7) is 6.01. The number of aliphatic imine (C=N–C) groups is 1. The largest absolute Gasteiger partial charge is 0.486 e. The Labute approximate surface area is 213 Å². The van der Waals surface area contributed by atoms with Crippen molar-refractivity contribution < 1.29 is 14.2 Å². The second-order valence-corrected chi connectivity index (χ2v) is 8.21. The standard InChI is InChI=1S/C25H35FN4O2.HI/c1-3-22(32-24-7-5-4-6-23(24)26)17-29-25(27-2)28-16-19-8-10-20(11-9-19)18-30-14-12-21(31)13-15-30;/h4-11,21-22,31H,3,12-18H2,1-2H3,(H2,27,28,29);1H. The summed E-state index contributed by atoms with van der Waals surface area (Å²) in [4.78, 5) is 6.66. The van der Waals surface area contributed by atoms with Gasteiger partial charge in [0.15, 0.2) is 17.5 Å². The van der Waals surface area contributed by atoms with Crippen LogP contribution < -0.4 is 15.4 Å². The van der Waals surface area contributed by atoms with E-state index in [4.69, 9.17) is 4.74 Å². The minimum Gasteiger partial charge on any atom is -0.486 e. The van der Waals surface area contributed by atoms with Gasteiger partial charge in [0, 0.05) is 33.2 Å². The van der Waals surface area contributed by atoms with E-state index in [9.17, 15) is 9.50 Å². The fourth-order valence-electron chi connectivity index (χ4n) is 3.70. The third-order valence-electron chi connectivity index (χ3n) is 5.75.